The third kappa shape index (κ3) is 3.83. The standard InChI is InChI=1S/C31H43FN2O2/c1-18(4-11-29-33-17-19-5-7-21(32)15-27(19)34-29)24-9-10-25-23-8-6-20-14-22(35)12-13-30(20,2)26(23)16-28(36)31(24,25)3/h5,7,15,17-18,20,22-26,28,35-36H,4,6,8-14,16H2,1-3H3/t18-,20-,22-,23+,24-,25+,26?,28+,30+,31-/m1/s1. The monoisotopic (exact) mass is 494 g/mol. The van der Waals surface area contributed by atoms with Crippen LogP contribution in [0.3, 0.4) is 0 Å². The Kier molecular flexibility index (Phi) is 6.19. The van der Waals surface area contributed by atoms with Crippen LogP contribution in [0, 0.1) is 52.2 Å². The molecule has 0 spiro atoms. The Hall–Kier alpha value is -1.59. The molecule has 0 radical (unpaired) electrons. The van der Waals surface area contributed by atoms with Crippen LogP contribution >= 0.6 is 0 Å². The van der Waals surface area contributed by atoms with Crippen LogP contribution in [0.2, 0.25) is 0 Å². The van der Waals surface area contributed by atoms with Crippen molar-refractivity contribution in [3.63, 3.8) is 0 Å². The van der Waals surface area contributed by atoms with Gasteiger partial charge in [0.05, 0.1) is 17.7 Å². The normalized spacial score (nSPS) is 43.0. The largest absolute Gasteiger partial charge is 0.393 e. The van der Waals surface area contributed by atoms with Crippen molar-refractivity contribution >= 4 is 10.9 Å². The number of aliphatic hydroxyl groups is 2. The lowest BCUT2D eigenvalue weighted by molar-refractivity contribution is -0.174. The minimum absolute atomic E-state index is 0.0225. The fourth-order valence-corrected chi connectivity index (χ4v) is 9.87. The maximum atomic E-state index is 13.7. The van der Waals surface area contributed by atoms with Gasteiger partial charge in [-0.25, -0.2) is 14.4 Å². The average molecular weight is 495 g/mol. The van der Waals surface area contributed by atoms with Gasteiger partial charge in [0.15, 0.2) is 0 Å². The molecule has 0 saturated heterocycles. The number of hydrogen-bond acceptors (Lipinski definition) is 4. The summed E-state index contributed by atoms with van der Waals surface area (Å²) in [5.74, 6) is 4.04. The summed E-state index contributed by atoms with van der Waals surface area (Å²) in [6.07, 6.45) is 12.1. The van der Waals surface area contributed by atoms with E-state index in [-0.39, 0.29) is 28.9 Å². The van der Waals surface area contributed by atoms with E-state index in [1.807, 2.05) is 0 Å². The van der Waals surface area contributed by atoms with Gasteiger partial charge in [-0.1, -0.05) is 20.8 Å². The van der Waals surface area contributed by atoms with Crippen LogP contribution in [0.1, 0.15) is 84.4 Å². The molecule has 5 heteroatoms. The predicted molar refractivity (Wildman–Crippen MR) is 140 cm³/mol. The van der Waals surface area contributed by atoms with E-state index in [1.54, 1.807) is 12.3 Å². The van der Waals surface area contributed by atoms with Crippen LogP contribution in [0.5, 0.6) is 0 Å². The van der Waals surface area contributed by atoms with E-state index in [1.165, 1.54) is 37.8 Å². The summed E-state index contributed by atoms with van der Waals surface area (Å²) in [7, 11) is 0. The molecule has 4 fully saturated rings. The van der Waals surface area contributed by atoms with Gasteiger partial charge >= 0.3 is 0 Å². The Morgan fingerprint density at radius 2 is 1.89 bits per heavy atom. The molecule has 4 saturated carbocycles. The first-order valence-electron chi connectivity index (χ1n) is 14.5. The minimum atomic E-state index is -0.262. The zero-order valence-corrected chi connectivity index (χ0v) is 22.2. The van der Waals surface area contributed by atoms with Crippen LogP contribution in [0.4, 0.5) is 4.39 Å². The van der Waals surface area contributed by atoms with E-state index in [2.05, 4.69) is 30.7 Å². The number of benzene rings is 1. The Balaban J connectivity index is 1.18. The molecule has 6 rings (SSSR count). The van der Waals surface area contributed by atoms with Crippen molar-refractivity contribution in [3.05, 3.63) is 36.0 Å². The highest BCUT2D eigenvalue weighted by Gasteiger charge is 2.63. The lowest BCUT2D eigenvalue weighted by atomic mass is 9.43. The smallest absolute Gasteiger partial charge is 0.128 e. The summed E-state index contributed by atoms with van der Waals surface area (Å²) >= 11 is 0. The molecule has 0 aliphatic heterocycles. The van der Waals surface area contributed by atoms with Crippen molar-refractivity contribution in [2.45, 2.75) is 97.2 Å². The van der Waals surface area contributed by atoms with E-state index in [0.29, 0.717) is 41.0 Å². The highest BCUT2D eigenvalue weighted by Crippen LogP contribution is 2.68. The van der Waals surface area contributed by atoms with Gasteiger partial charge in [-0.15, -0.1) is 0 Å². The maximum Gasteiger partial charge on any atom is 0.128 e. The summed E-state index contributed by atoms with van der Waals surface area (Å²) in [5, 5.41) is 23.0. The molecule has 1 aromatic carbocycles. The molecule has 1 heterocycles. The van der Waals surface area contributed by atoms with Crippen molar-refractivity contribution in [1.82, 2.24) is 9.97 Å². The molecule has 2 aromatic rings. The molecular weight excluding hydrogens is 451 g/mol. The van der Waals surface area contributed by atoms with Crippen molar-refractivity contribution in [2.24, 2.45) is 46.3 Å². The number of hydrogen-bond donors (Lipinski definition) is 2. The Morgan fingerprint density at radius 3 is 2.72 bits per heavy atom. The predicted octanol–water partition coefficient (Wildman–Crippen LogP) is 6.33. The van der Waals surface area contributed by atoms with Crippen LogP contribution < -0.4 is 0 Å². The van der Waals surface area contributed by atoms with Crippen molar-refractivity contribution in [1.29, 1.82) is 0 Å². The summed E-state index contributed by atoms with van der Waals surface area (Å²) < 4.78 is 13.7. The Morgan fingerprint density at radius 1 is 1.06 bits per heavy atom. The molecular formula is C31H43FN2O2. The van der Waals surface area contributed by atoms with Gasteiger partial charge in [0, 0.05) is 24.1 Å². The lowest BCUT2D eigenvalue weighted by Crippen LogP contribution is -2.58. The van der Waals surface area contributed by atoms with Gasteiger partial charge in [0.2, 0.25) is 0 Å². The zero-order valence-electron chi connectivity index (χ0n) is 22.2. The molecule has 196 valence electrons. The van der Waals surface area contributed by atoms with Gasteiger partial charge in [0.1, 0.15) is 11.6 Å². The summed E-state index contributed by atoms with van der Waals surface area (Å²) in [4.78, 5) is 9.19. The highest BCUT2D eigenvalue weighted by molar-refractivity contribution is 5.77. The summed E-state index contributed by atoms with van der Waals surface area (Å²) in [5.41, 5.74) is 0.931. The van der Waals surface area contributed by atoms with E-state index in [0.717, 1.165) is 49.7 Å². The van der Waals surface area contributed by atoms with E-state index in [9.17, 15) is 14.6 Å². The van der Waals surface area contributed by atoms with Gasteiger partial charge in [-0.2, -0.15) is 0 Å². The van der Waals surface area contributed by atoms with Crippen LogP contribution in [-0.2, 0) is 6.42 Å². The quantitative estimate of drug-likeness (QED) is 0.521. The molecule has 2 N–H and O–H groups in total. The zero-order chi connectivity index (χ0) is 25.2. The van der Waals surface area contributed by atoms with Crippen molar-refractivity contribution < 1.29 is 14.6 Å². The minimum Gasteiger partial charge on any atom is -0.393 e. The number of fused-ring (bicyclic) bond motifs is 6. The lowest BCUT2D eigenvalue weighted by Gasteiger charge is -2.62. The van der Waals surface area contributed by atoms with Gasteiger partial charge in [0.25, 0.3) is 0 Å². The van der Waals surface area contributed by atoms with Crippen molar-refractivity contribution in [3.8, 4) is 0 Å². The van der Waals surface area contributed by atoms with Gasteiger partial charge in [-0.3, -0.25) is 0 Å². The molecule has 10 atom stereocenters. The summed E-state index contributed by atoms with van der Waals surface area (Å²) in [6.45, 7) is 7.25. The first-order valence-corrected chi connectivity index (χ1v) is 14.5. The molecule has 0 bridgehead atoms. The molecule has 0 amide bonds. The molecule has 36 heavy (non-hydrogen) atoms. The number of nitrogens with zero attached hydrogens (tertiary/aromatic N) is 2. The Labute approximate surface area is 215 Å². The fraction of sp³-hybridized carbons (Fsp3) is 0.742. The average Bonchev–Trinajstić information content (AvgIpc) is 3.22. The SMILES string of the molecule is C[C@H](CCc1ncc2ccc(F)cc2n1)[C@H]1CC[C@H]2[C@@H]3CC[C@@H]4C[C@H](O)CC[C@]4(C)C3C[C@H](O)[C@]12C. The van der Waals surface area contributed by atoms with Crippen LogP contribution in [0.15, 0.2) is 24.4 Å². The molecule has 4 nitrogen and oxygen atoms in total. The first-order chi connectivity index (χ1) is 17.2. The number of aliphatic hydroxyl groups excluding tert-OH is 2. The third-order valence-electron chi connectivity index (χ3n) is 11.9. The van der Waals surface area contributed by atoms with E-state index in [4.69, 9.17) is 0 Å². The number of aryl methyl sites for hydroxylation is 1. The molecule has 4 aliphatic rings. The summed E-state index contributed by atoms with van der Waals surface area (Å²) in [6, 6.07) is 4.68. The highest BCUT2D eigenvalue weighted by atomic mass is 19.1. The first kappa shape index (κ1) is 24.7. The van der Waals surface area contributed by atoms with Crippen LogP contribution in [0.25, 0.3) is 10.9 Å². The second-order valence-electron chi connectivity index (χ2n) is 13.4. The van der Waals surface area contributed by atoms with Gasteiger partial charge in [-0.05, 0) is 116 Å². The number of aromatic nitrogens is 2. The second-order valence-corrected chi connectivity index (χ2v) is 13.4. The van der Waals surface area contributed by atoms with E-state index < -0.39 is 0 Å². The number of rotatable bonds is 4. The maximum absolute atomic E-state index is 13.7. The second kappa shape index (κ2) is 9.01. The van der Waals surface area contributed by atoms with Gasteiger partial charge < -0.3 is 10.2 Å². The number of halogens is 1. The van der Waals surface area contributed by atoms with Crippen LogP contribution in [-0.4, -0.2) is 32.4 Å². The fourth-order valence-electron chi connectivity index (χ4n) is 9.87. The van der Waals surface area contributed by atoms with Crippen molar-refractivity contribution in [2.75, 3.05) is 0 Å². The molecule has 1 aromatic heterocycles. The topological polar surface area (TPSA) is 66.2 Å². The third-order valence-corrected chi connectivity index (χ3v) is 11.9. The molecule has 1 unspecified atom stereocenters. The molecule has 4 aliphatic carbocycles. The van der Waals surface area contributed by atoms with E-state index >= 15 is 0 Å². The Bertz CT molecular complexity index is 1120.